The van der Waals surface area contributed by atoms with Crippen LogP contribution in [0.1, 0.15) is 130 Å². The third kappa shape index (κ3) is 19.2. The summed E-state index contributed by atoms with van der Waals surface area (Å²) in [5.74, 6) is 0.772. The van der Waals surface area contributed by atoms with Crippen LogP contribution in [0.4, 0.5) is 0 Å². The van der Waals surface area contributed by atoms with Gasteiger partial charge in [-0.1, -0.05) is 97.8 Å². The maximum atomic E-state index is 12.1. The molecule has 1 aliphatic rings. The molecule has 1 aliphatic heterocycles. The molecule has 0 spiro atoms. The van der Waals surface area contributed by atoms with E-state index in [0.29, 0.717) is 13.2 Å². The van der Waals surface area contributed by atoms with E-state index in [1.54, 1.807) is 0 Å². The van der Waals surface area contributed by atoms with Gasteiger partial charge in [0.05, 0.1) is 13.2 Å². The summed E-state index contributed by atoms with van der Waals surface area (Å²) in [6.07, 6.45) is 21.2. The summed E-state index contributed by atoms with van der Waals surface area (Å²) in [5.41, 5.74) is 0. The number of hydrogen-bond donors (Lipinski definition) is 1. The summed E-state index contributed by atoms with van der Waals surface area (Å²) in [5, 5.41) is 0. The van der Waals surface area contributed by atoms with E-state index in [4.69, 9.17) is 9.05 Å². The Morgan fingerprint density at radius 1 is 0.722 bits per heavy atom. The van der Waals surface area contributed by atoms with E-state index < -0.39 is 7.82 Å². The first-order valence-electron chi connectivity index (χ1n) is 15.6. The van der Waals surface area contributed by atoms with Gasteiger partial charge in [0.15, 0.2) is 0 Å². The van der Waals surface area contributed by atoms with Crippen LogP contribution in [-0.2, 0) is 13.6 Å². The molecule has 1 heterocycles. The number of piperidine rings is 1. The molecule has 0 radical (unpaired) electrons. The lowest BCUT2D eigenvalue weighted by Gasteiger charge is -2.35. The van der Waals surface area contributed by atoms with Gasteiger partial charge in [0.25, 0.3) is 0 Å². The number of unbranched alkanes of at least 4 members (excludes halogenated alkanes) is 12. The van der Waals surface area contributed by atoms with Crippen LogP contribution < -0.4 is 0 Å². The van der Waals surface area contributed by atoms with Gasteiger partial charge < -0.3 is 14.7 Å². The Balaban J connectivity index is 2.18. The topological polar surface area (TPSA) is 62.2 Å². The molecule has 0 aromatic carbocycles. The minimum Gasteiger partial charge on any atom is -0.303 e. The smallest absolute Gasteiger partial charge is 0.303 e. The van der Waals surface area contributed by atoms with Crippen LogP contribution in [0.3, 0.4) is 0 Å². The molecular formula is C29H61N2O4P. The van der Waals surface area contributed by atoms with Gasteiger partial charge >= 0.3 is 7.82 Å². The molecule has 1 fully saturated rings. The normalized spacial score (nSPS) is 17.1. The van der Waals surface area contributed by atoms with Gasteiger partial charge in [0.1, 0.15) is 0 Å². The molecule has 7 heteroatoms. The van der Waals surface area contributed by atoms with Crippen LogP contribution in [0.15, 0.2) is 0 Å². The third-order valence-corrected chi connectivity index (χ3v) is 8.56. The number of phosphoric ester groups is 1. The Kier molecular flexibility index (Phi) is 21.7. The van der Waals surface area contributed by atoms with Crippen molar-refractivity contribution in [3.8, 4) is 0 Å². The van der Waals surface area contributed by atoms with E-state index in [1.165, 1.54) is 116 Å². The summed E-state index contributed by atoms with van der Waals surface area (Å²) >= 11 is 0. The van der Waals surface area contributed by atoms with Crippen LogP contribution in [0.2, 0.25) is 0 Å². The summed E-state index contributed by atoms with van der Waals surface area (Å²) in [7, 11) is -3.92. The molecule has 1 N–H and O–H groups in total. The van der Waals surface area contributed by atoms with Crippen molar-refractivity contribution in [3.05, 3.63) is 0 Å². The number of nitrogens with zero attached hydrogens (tertiary/aromatic N) is 2. The molecule has 216 valence electrons. The van der Waals surface area contributed by atoms with E-state index in [0.717, 1.165) is 31.8 Å². The predicted molar refractivity (Wildman–Crippen MR) is 154 cm³/mol. The van der Waals surface area contributed by atoms with E-state index in [9.17, 15) is 9.46 Å². The zero-order valence-corrected chi connectivity index (χ0v) is 25.2. The van der Waals surface area contributed by atoms with Crippen molar-refractivity contribution in [2.45, 2.75) is 130 Å². The van der Waals surface area contributed by atoms with Crippen molar-refractivity contribution in [1.82, 2.24) is 9.80 Å². The van der Waals surface area contributed by atoms with Crippen molar-refractivity contribution in [1.29, 1.82) is 0 Å². The second-order valence-corrected chi connectivity index (χ2v) is 12.4. The van der Waals surface area contributed by atoms with Crippen LogP contribution in [-0.4, -0.2) is 67.2 Å². The highest BCUT2D eigenvalue weighted by molar-refractivity contribution is 7.47. The summed E-state index contributed by atoms with van der Waals surface area (Å²) < 4.78 is 22.6. The molecule has 1 saturated heterocycles. The SMILES string of the molecule is CCCCCCCCCOP(=O)(O)OCCN1CCC(CN(CCCCCC)CCCCCC)CC1. The van der Waals surface area contributed by atoms with Gasteiger partial charge in [0, 0.05) is 13.1 Å². The lowest BCUT2D eigenvalue weighted by molar-refractivity contribution is 0.105. The van der Waals surface area contributed by atoms with Crippen LogP contribution in [0.25, 0.3) is 0 Å². The number of phosphoric acid groups is 1. The van der Waals surface area contributed by atoms with Gasteiger partial charge in [0.2, 0.25) is 0 Å². The molecule has 0 saturated carbocycles. The van der Waals surface area contributed by atoms with Gasteiger partial charge in [-0.25, -0.2) is 4.57 Å². The molecule has 36 heavy (non-hydrogen) atoms. The Hall–Kier alpha value is 0.0300. The molecule has 1 unspecified atom stereocenters. The molecule has 0 bridgehead atoms. The number of likely N-dealkylation sites (tertiary alicyclic amines) is 1. The second-order valence-electron chi connectivity index (χ2n) is 11.0. The van der Waals surface area contributed by atoms with Crippen LogP contribution in [0.5, 0.6) is 0 Å². The highest BCUT2D eigenvalue weighted by Crippen LogP contribution is 2.43. The monoisotopic (exact) mass is 532 g/mol. The van der Waals surface area contributed by atoms with E-state index in [1.807, 2.05) is 0 Å². The number of hydrogen-bond acceptors (Lipinski definition) is 5. The molecule has 0 amide bonds. The predicted octanol–water partition coefficient (Wildman–Crippen LogP) is 8.05. The van der Waals surface area contributed by atoms with Gasteiger partial charge in [-0.2, -0.15) is 0 Å². The van der Waals surface area contributed by atoms with Gasteiger partial charge in [-0.3, -0.25) is 9.05 Å². The molecule has 6 nitrogen and oxygen atoms in total. The first-order valence-corrected chi connectivity index (χ1v) is 17.1. The molecule has 1 rings (SSSR count). The molecular weight excluding hydrogens is 471 g/mol. The van der Waals surface area contributed by atoms with E-state index >= 15 is 0 Å². The Labute approximate surface area is 224 Å². The Bertz CT molecular complexity index is 517. The fourth-order valence-electron chi connectivity index (χ4n) is 5.14. The van der Waals surface area contributed by atoms with Crippen LogP contribution >= 0.6 is 7.82 Å². The zero-order chi connectivity index (χ0) is 26.3. The Morgan fingerprint density at radius 2 is 1.19 bits per heavy atom. The zero-order valence-electron chi connectivity index (χ0n) is 24.3. The van der Waals surface area contributed by atoms with Crippen molar-refractivity contribution < 1.29 is 18.5 Å². The summed E-state index contributed by atoms with van der Waals surface area (Å²) in [4.78, 5) is 15.1. The second kappa shape index (κ2) is 23.0. The minimum absolute atomic E-state index is 0.260. The molecule has 0 aromatic heterocycles. The van der Waals surface area contributed by atoms with Crippen LogP contribution in [0, 0.1) is 5.92 Å². The molecule has 1 atom stereocenters. The standard InChI is InChI=1S/C29H61N2O4P/c1-4-7-10-13-14-15-18-26-34-36(32,33)35-27-25-30-23-19-29(20-24-30)28-31(21-16-11-8-5-2)22-17-12-9-6-3/h29H,4-28H2,1-3H3,(H,32,33). The molecule has 0 aromatic rings. The van der Waals surface area contributed by atoms with Crippen molar-refractivity contribution in [3.63, 3.8) is 0 Å². The Morgan fingerprint density at radius 3 is 1.75 bits per heavy atom. The minimum atomic E-state index is -3.92. The maximum absolute atomic E-state index is 12.1. The third-order valence-electron chi connectivity index (χ3n) is 7.54. The average molecular weight is 533 g/mol. The van der Waals surface area contributed by atoms with Gasteiger partial charge in [-0.05, 0) is 64.2 Å². The van der Waals surface area contributed by atoms with E-state index in [-0.39, 0.29) is 6.61 Å². The first kappa shape index (κ1) is 34.1. The van der Waals surface area contributed by atoms with Crippen molar-refractivity contribution >= 4 is 7.82 Å². The fourth-order valence-corrected chi connectivity index (χ4v) is 5.88. The summed E-state index contributed by atoms with van der Waals surface area (Å²) in [6.45, 7) is 13.9. The van der Waals surface area contributed by atoms with Crippen molar-refractivity contribution in [2.75, 3.05) is 52.5 Å². The van der Waals surface area contributed by atoms with E-state index in [2.05, 4.69) is 30.6 Å². The first-order chi connectivity index (χ1) is 17.5. The lowest BCUT2D eigenvalue weighted by Crippen LogP contribution is -2.40. The molecule has 0 aliphatic carbocycles. The maximum Gasteiger partial charge on any atom is 0.472 e. The summed E-state index contributed by atoms with van der Waals surface area (Å²) in [6, 6.07) is 0. The van der Waals surface area contributed by atoms with Gasteiger partial charge in [-0.15, -0.1) is 0 Å². The fraction of sp³-hybridized carbons (Fsp3) is 1.00. The quantitative estimate of drug-likeness (QED) is 0.0948. The highest BCUT2D eigenvalue weighted by atomic mass is 31.2. The van der Waals surface area contributed by atoms with Crippen molar-refractivity contribution in [2.24, 2.45) is 5.92 Å². The lowest BCUT2D eigenvalue weighted by atomic mass is 9.96. The number of rotatable bonds is 25. The average Bonchev–Trinajstić information content (AvgIpc) is 2.86. The largest absolute Gasteiger partial charge is 0.472 e. The highest BCUT2D eigenvalue weighted by Gasteiger charge is 2.24.